The topological polar surface area (TPSA) is 61.1 Å². The summed E-state index contributed by atoms with van der Waals surface area (Å²) >= 11 is 6.25. The number of nitrogens with zero attached hydrogens (tertiary/aromatic N) is 1. The summed E-state index contributed by atoms with van der Waals surface area (Å²) in [5.74, 6) is 1.48. The molecule has 3 heterocycles. The number of hydrogen-bond donors (Lipinski definition) is 0. The van der Waals surface area contributed by atoms with Gasteiger partial charge in [-0.2, -0.15) is 0 Å². The van der Waals surface area contributed by atoms with Crippen molar-refractivity contribution in [3.63, 3.8) is 0 Å². The second-order valence-corrected chi connectivity index (χ2v) is 8.76. The number of rotatable bonds is 5. The van der Waals surface area contributed by atoms with Crippen LogP contribution in [0.5, 0.6) is 11.5 Å². The summed E-state index contributed by atoms with van der Waals surface area (Å²) in [4.78, 5) is 14.7. The zero-order valence-corrected chi connectivity index (χ0v) is 19.1. The van der Waals surface area contributed by atoms with E-state index in [2.05, 4.69) is 0 Å². The molecule has 2 aromatic carbocycles. The summed E-state index contributed by atoms with van der Waals surface area (Å²) in [6.45, 7) is 2.44. The van der Waals surface area contributed by atoms with Gasteiger partial charge >= 0.3 is 0 Å². The summed E-state index contributed by atoms with van der Waals surface area (Å²) in [6.07, 6.45) is 4.81. The zero-order chi connectivity index (χ0) is 22.6. The Morgan fingerprint density at radius 3 is 2.82 bits per heavy atom. The first-order valence-corrected chi connectivity index (χ1v) is 11.7. The van der Waals surface area contributed by atoms with E-state index in [-0.39, 0.29) is 12.0 Å². The molecule has 172 valence electrons. The molecular formula is C26H26ClNO5. The average molecular weight is 468 g/mol. The summed E-state index contributed by atoms with van der Waals surface area (Å²) in [7, 11) is 0. The molecule has 0 N–H and O–H groups in total. The molecule has 1 unspecified atom stereocenters. The van der Waals surface area contributed by atoms with Crippen molar-refractivity contribution in [3.8, 4) is 22.6 Å². The number of carbonyl (C=O) groups is 1. The molecule has 1 atom stereocenters. The molecule has 33 heavy (non-hydrogen) atoms. The van der Waals surface area contributed by atoms with Crippen molar-refractivity contribution in [2.75, 3.05) is 26.4 Å². The lowest BCUT2D eigenvalue weighted by Gasteiger charge is -2.24. The number of carbonyl (C=O) groups excluding carboxylic acids is 1. The van der Waals surface area contributed by atoms with Gasteiger partial charge in [0.2, 0.25) is 0 Å². The third-order valence-corrected chi connectivity index (χ3v) is 6.21. The molecule has 0 spiro atoms. The highest BCUT2D eigenvalue weighted by molar-refractivity contribution is 6.30. The van der Waals surface area contributed by atoms with Crippen LogP contribution in [0.1, 0.15) is 35.4 Å². The van der Waals surface area contributed by atoms with E-state index >= 15 is 0 Å². The minimum absolute atomic E-state index is 0.0760. The molecule has 1 fully saturated rings. The Labute approximate surface area is 198 Å². The van der Waals surface area contributed by atoms with Gasteiger partial charge in [0.05, 0.1) is 25.5 Å². The Bertz CT molecular complexity index is 1110. The van der Waals surface area contributed by atoms with Gasteiger partial charge in [0, 0.05) is 17.2 Å². The van der Waals surface area contributed by atoms with E-state index in [0.717, 1.165) is 42.6 Å². The van der Waals surface area contributed by atoms with Gasteiger partial charge < -0.3 is 23.5 Å². The maximum atomic E-state index is 13.0. The SMILES string of the molecule is O=C(c1ccco1)N1CCOc2c(cc(-c3cccc(Cl)c3)cc2OCC2CCCCO2)C1. The Hall–Kier alpha value is -2.96. The number of amides is 1. The van der Waals surface area contributed by atoms with Crippen molar-refractivity contribution in [3.05, 3.63) is 71.1 Å². The highest BCUT2D eigenvalue weighted by Gasteiger charge is 2.26. The maximum absolute atomic E-state index is 13.0. The molecule has 0 saturated carbocycles. The van der Waals surface area contributed by atoms with Crippen molar-refractivity contribution in [2.45, 2.75) is 31.9 Å². The Morgan fingerprint density at radius 1 is 1.09 bits per heavy atom. The van der Waals surface area contributed by atoms with Crippen LogP contribution in [0.4, 0.5) is 0 Å². The average Bonchev–Trinajstić information content (AvgIpc) is 3.29. The van der Waals surface area contributed by atoms with Crippen molar-refractivity contribution in [2.24, 2.45) is 0 Å². The van der Waals surface area contributed by atoms with Crippen LogP contribution in [0.3, 0.4) is 0 Å². The first-order chi connectivity index (χ1) is 16.2. The van der Waals surface area contributed by atoms with E-state index < -0.39 is 0 Å². The van der Waals surface area contributed by atoms with E-state index in [1.54, 1.807) is 17.0 Å². The molecule has 0 radical (unpaired) electrons. The first kappa shape index (κ1) is 21.9. The quantitative estimate of drug-likeness (QED) is 0.490. The fraction of sp³-hybridized carbons (Fsp3) is 0.346. The Balaban J connectivity index is 1.48. The third kappa shape index (κ3) is 5.02. The highest BCUT2D eigenvalue weighted by atomic mass is 35.5. The lowest BCUT2D eigenvalue weighted by atomic mass is 10.0. The summed E-state index contributed by atoms with van der Waals surface area (Å²) in [5.41, 5.74) is 2.80. The van der Waals surface area contributed by atoms with Crippen LogP contribution in [0.25, 0.3) is 11.1 Å². The lowest BCUT2D eigenvalue weighted by molar-refractivity contribution is -0.0115. The Kier molecular flexibility index (Phi) is 6.55. The molecule has 3 aromatic rings. The number of fused-ring (bicyclic) bond motifs is 1. The standard InChI is InChI=1S/C26H26ClNO5/c27-21-6-3-5-18(14-21)19-13-20-16-28(26(29)23-8-4-11-31-23)9-12-32-25(20)24(15-19)33-17-22-7-1-2-10-30-22/h3-6,8,11,13-15,22H,1-2,7,9-10,12,16-17H2. The lowest BCUT2D eigenvalue weighted by Crippen LogP contribution is -2.32. The van der Waals surface area contributed by atoms with Gasteiger partial charge in [-0.1, -0.05) is 23.7 Å². The molecule has 7 heteroatoms. The van der Waals surface area contributed by atoms with E-state index in [9.17, 15) is 4.79 Å². The van der Waals surface area contributed by atoms with E-state index in [1.165, 1.54) is 6.26 Å². The van der Waals surface area contributed by atoms with E-state index in [0.29, 0.717) is 48.6 Å². The van der Waals surface area contributed by atoms with Crippen molar-refractivity contribution < 1.29 is 23.4 Å². The number of benzene rings is 2. The molecule has 1 amide bonds. The van der Waals surface area contributed by atoms with Crippen LogP contribution >= 0.6 is 11.6 Å². The van der Waals surface area contributed by atoms with Crippen LogP contribution in [-0.4, -0.2) is 43.3 Å². The molecule has 1 aromatic heterocycles. The molecule has 5 rings (SSSR count). The van der Waals surface area contributed by atoms with Crippen LogP contribution in [-0.2, 0) is 11.3 Å². The highest BCUT2D eigenvalue weighted by Crippen LogP contribution is 2.39. The van der Waals surface area contributed by atoms with Crippen molar-refractivity contribution in [1.82, 2.24) is 4.90 Å². The first-order valence-electron chi connectivity index (χ1n) is 11.3. The van der Waals surface area contributed by atoms with Gasteiger partial charge in [-0.3, -0.25) is 4.79 Å². The van der Waals surface area contributed by atoms with Gasteiger partial charge in [0.1, 0.15) is 13.2 Å². The van der Waals surface area contributed by atoms with Gasteiger partial charge in [-0.05, 0) is 66.8 Å². The minimum Gasteiger partial charge on any atom is -0.487 e. The van der Waals surface area contributed by atoms with E-state index in [1.807, 2.05) is 36.4 Å². The molecule has 0 aliphatic carbocycles. The van der Waals surface area contributed by atoms with Crippen molar-refractivity contribution >= 4 is 17.5 Å². The predicted octanol–water partition coefficient (Wildman–Crippen LogP) is 5.58. The largest absolute Gasteiger partial charge is 0.487 e. The van der Waals surface area contributed by atoms with Crippen LogP contribution < -0.4 is 9.47 Å². The second kappa shape index (κ2) is 9.89. The number of hydrogen-bond acceptors (Lipinski definition) is 5. The number of halogens is 1. The Morgan fingerprint density at radius 2 is 2.03 bits per heavy atom. The summed E-state index contributed by atoms with van der Waals surface area (Å²) in [5, 5.41) is 0.659. The normalized spacial score (nSPS) is 18.2. The number of furan rings is 1. The van der Waals surface area contributed by atoms with E-state index in [4.69, 9.17) is 30.2 Å². The second-order valence-electron chi connectivity index (χ2n) is 8.33. The summed E-state index contributed by atoms with van der Waals surface area (Å²) < 4.78 is 23.5. The van der Waals surface area contributed by atoms with Gasteiger partial charge in [-0.15, -0.1) is 0 Å². The predicted molar refractivity (Wildman–Crippen MR) is 125 cm³/mol. The third-order valence-electron chi connectivity index (χ3n) is 5.98. The molecule has 2 aliphatic rings. The summed E-state index contributed by atoms with van der Waals surface area (Å²) in [6, 6.07) is 15.1. The van der Waals surface area contributed by atoms with Gasteiger partial charge in [0.15, 0.2) is 17.3 Å². The zero-order valence-electron chi connectivity index (χ0n) is 18.3. The fourth-order valence-corrected chi connectivity index (χ4v) is 4.47. The number of ether oxygens (including phenoxy) is 3. The molecule has 6 nitrogen and oxygen atoms in total. The van der Waals surface area contributed by atoms with Crippen LogP contribution in [0.2, 0.25) is 5.02 Å². The van der Waals surface area contributed by atoms with Crippen LogP contribution in [0, 0.1) is 0 Å². The molecule has 1 saturated heterocycles. The molecule has 0 bridgehead atoms. The monoisotopic (exact) mass is 467 g/mol. The minimum atomic E-state index is -0.164. The van der Waals surface area contributed by atoms with Crippen molar-refractivity contribution in [1.29, 1.82) is 0 Å². The molecular weight excluding hydrogens is 442 g/mol. The smallest absolute Gasteiger partial charge is 0.289 e. The van der Waals surface area contributed by atoms with Gasteiger partial charge in [0.25, 0.3) is 5.91 Å². The maximum Gasteiger partial charge on any atom is 0.289 e. The van der Waals surface area contributed by atoms with Crippen LogP contribution in [0.15, 0.2) is 59.2 Å². The van der Waals surface area contributed by atoms with Gasteiger partial charge in [-0.25, -0.2) is 0 Å². The molecule has 2 aliphatic heterocycles. The fourth-order valence-electron chi connectivity index (χ4n) is 4.28.